The van der Waals surface area contributed by atoms with Crippen LogP contribution in [0.15, 0.2) is 42.5 Å². The van der Waals surface area contributed by atoms with E-state index in [1.807, 2.05) is 0 Å². The standard InChI is InChI=1S/C16H14F2O/c1-11-8-14(17)7-6-12(11)9-15(19)10-13-4-2-3-5-16(13)18/h2-8H,9-10H2,1H3. The molecular formula is C16H14F2O. The number of Topliss-reactive ketones (excluding diaryl/α,β-unsaturated/α-hetero) is 1. The number of hydrogen-bond donors (Lipinski definition) is 0. The van der Waals surface area contributed by atoms with Crippen molar-refractivity contribution in [1.29, 1.82) is 0 Å². The molecule has 0 saturated carbocycles. The van der Waals surface area contributed by atoms with E-state index in [9.17, 15) is 13.6 Å². The average molecular weight is 260 g/mol. The Kier molecular flexibility index (Phi) is 4.05. The van der Waals surface area contributed by atoms with E-state index >= 15 is 0 Å². The minimum Gasteiger partial charge on any atom is -0.299 e. The number of ketones is 1. The highest BCUT2D eigenvalue weighted by Gasteiger charge is 2.10. The molecule has 2 aromatic rings. The van der Waals surface area contributed by atoms with Gasteiger partial charge in [-0.15, -0.1) is 0 Å². The maximum absolute atomic E-state index is 13.4. The molecule has 0 bridgehead atoms. The van der Waals surface area contributed by atoms with Crippen LogP contribution >= 0.6 is 0 Å². The molecule has 0 amide bonds. The number of aryl methyl sites for hydroxylation is 1. The van der Waals surface area contributed by atoms with Crippen LogP contribution in [0.5, 0.6) is 0 Å². The normalized spacial score (nSPS) is 10.5. The van der Waals surface area contributed by atoms with Crippen LogP contribution < -0.4 is 0 Å². The van der Waals surface area contributed by atoms with Crippen LogP contribution in [-0.2, 0) is 17.6 Å². The minimum atomic E-state index is -0.369. The van der Waals surface area contributed by atoms with E-state index in [1.165, 1.54) is 18.2 Å². The second kappa shape index (κ2) is 5.74. The minimum absolute atomic E-state index is 0.0590. The highest BCUT2D eigenvalue weighted by molar-refractivity contribution is 5.83. The van der Waals surface area contributed by atoms with E-state index in [2.05, 4.69) is 0 Å². The fourth-order valence-electron chi connectivity index (χ4n) is 1.99. The maximum Gasteiger partial charge on any atom is 0.141 e. The van der Waals surface area contributed by atoms with Crippen molar-refractivity contribution >= 4 is 5.78 Å². The number of benzene rings is 2. The van der Waals surface area contributed by atoms with Gasteiger partial charge >= 0.3 is 0 Å². The van der Waals surface area contributed by atoms with Gasteiger partial charge in [0.05, 0.1) is 0 Å². The summed E-state index contributed by atoms with van der Waals surface area (Å²) in [5, 5.41) is 0. The second-order valence-electron chi connectivity index (χ2n) is 4.55. The quantitative estimate of drug-likeness (QED) is 0.820. The Balaban J connectivity index is 2.08. The van der Waals surface area contributed by atoms with E-state index in [4.69, 9.17) is 0 Å². The molecule has 0 aromatic heterocycles. The lowest BCUT2D eigenvalue weighted by Gasteiger charge is -2.06. The molecule has 19 heavy (non-hydrogen) atoms. The highest BCUT2D eigenvalue weighted by Crippen LogP contribution is 2.13. The molecule has 2 rings (SSSR count). The van der Waals surface area contributed by atoms with Gasteiger partial charge in [0.1, 0.15) is 17.4 Å². The summed E-state index contributed by atoms with van der Waals surface area (Å²) < 4.78 is 26.4. The Morgan fingerprint density at radius 3 is 2.37 bits per heavy atom. The molecule has 0 unspecified atom stereocenters. The van der Waals surface area contributed by atoms with Crippen molar-refractivity contribution < 1.29 is 13.6 Å². The Bertz CT molecular complexity index is 605. The average Bonchev–Trinajstić information content (AvgIpc) is 2.36. The molecule has 1 nitrogen and oxygen atoms in total. The molecular weight excluding hydrogens is 246 g/mol. The van der Waals surface area contributed by atoms with Crippen LogP contribution in [0.4, 0.5) is 8.78 Å². The van der Waals surface area contributed by atoms with E-state index in [-0.39, 0.29) is 30.3 Å². The van der Waals surface area contributed by atoms with E-state index in [1.54, 1.807) is 31.2 Å². The molecule has 0 atom stereocenters. The molecule has 0 aliphatic heterocycles. The zero-order chi connectivity index (χ0) is 13.8. The summed E-state index contributed by atoms with van der Waals surface area (Å²) in [6, 6.07) is 10.6. The highest BCUT2D eigenvalue weighted by atomic mass is 19.1. The first-order valence-electron chi connectivity index (χ1n) is 6.06. The second-order valence-corrected chi connectivity index (χ2v) is 4.55. The predicted octanol–water partition coefficient (Wildman–Crippen LogP) is 3.63. The zero-order valence-electron chi connectivity index (χ0n) is 10.6. The fraction of sp³-hybridized carbons (Fsp3) is 0.188. The molecule has 0 aliphatic carbocycles. The smallest absolute Gasteiger partial charge is 0.141 e. The summed E-state index contributed by atoms with van der Waals surface area (Å²) in [5.74, 6) is -0.769. The van der Waals surface area contributed by atoms with Crippen molar-refractivity contribution in [3.8, 4) is 0 Å². The summed E-state index contributed by atoms with van der Waals surface area (Å²) >= 11 is 0. The SMILES string of the molecule is Cc1cc(F)ccc1CC(=O)Cc1ccccc1F. The molecule has 0 spiro atoms. The zero-order valence-corrected chi connectivity index (χ0v) is 10.6. The van der Waals surface area contributed by atoms with Crippen molar-refractivity contribution in [3.05, 3.63) is 70.8 Å². The van der Waals surface area contributed by atoms with E-state index < -0.39 is 0 Å². The molecule has 3 heteroatoms. The molecule has 2 aromatic carbocycles. The van der Waals surface area contributed by atoms with Crippen LogP contribution in [-0.4, -0.2) is 5.78 Å². The Morgan fingerprint density at radius 2 is 1.68 bits per heavy atom. The van der Waals surface area contributed by atoms with Gasteiger partial charge in [0.25, 0.3) is 0 Å². The van der Waals surface area contributed by atoms with Gasteiger partial charge in [0, 0.05) is 12.8 Å². The van der Waals surface area contributed by atoms with Gasteiger partial charge < -0.3 is 0 Å². The van der Waals surface area contributed by atoms with Crippen molar-refractivity contribution in [2.45, 2.75) is 19.8 Å². The largest absolute Gasteiger partial charge is 0.299 e. The molecule has 98 valence electrons. The third-order valence-corrected chi connectivity index (χ3v) is 3.04. The van der Waals surface area contributed by atoms with Gasteiger partial charge in [0.15, 0.2) is 0 Å². The Hall–Kier alpha value is -2.03. The predicted molar refractivity (Wildman–Crippen MR) is 70.0 cm³/mol. The molecule has 0 N–H and O–H groups in total. The summed E-state index contributed by atoms with van der Waals surface area (Å²) in [5.41, 5.74) is 1.91. The number of carbonyl (C=O) groups excluding carboxylic acids is 1. The molecule has 0 saturated heterocycles. The monoisotopic (exact) mass is 260 g/mol. The maximum atomic E-state index is 13.4. The molecule has 0 heterocycles. The lowest BCUT2D eigenvalue weighted by atomic mass is 9.99. The first-order chi connectivity index (χ1) is 9.06. The van der Waals surface area contributed by atoms with Gasteiger partial charge in [-0.3, -0.25) is 4.79 Å². The van der Waals surface area contributed by atoms with Gasteiger partial charge in [-0.2, -0.15) is 0 Å². The Labute approximate surface area is 110 Å². The number of hydrogen-bond acceptors (Lipinski definition) is 1. The summed E-state index contributed by atoms with van der Waals surface area (Å²) in [6.07, 6.45) is 0.254. The molecule has 0 fully saturated rings. The van der Waals surface area contributed by atoms with Crippen molar-refractivity contribution in [2.24, 2.45) is 0 Å². The van der Waals surface area contributed by atoms with Gasteiger partial charge in [-0.25, -0.2) is 8.78 Å². The van der Waals surface area contributed by atoms with Crippen LogP contribution in [0.3, 0.4) is 0 Å². The van der Waals surface area contributed by atoms with Crippen LogP contribution in [0.1, 0.15) is 16.7 Å². The number of rotatable bonds is 4. The third-order valence-electron chi connectivity index (χ3n) is 3.04. The number of halogens is 2. The van der Waals surface area contributed by atoms with E-state index in [0.717, 1.165) is 11.1 Å². The summed E-state index contributed by atoms with van der Waals surface area (Å²) in [6.45, 7) is 1.76. The van der Waals surface area contributed by atoms with Crippen LogP contribution in [0.2, 0.25) is 0 Å². The van der Waals surface area contributed by atoms with Crippen molar-refractivity contribution in [1.82, 2.24) is 0 Å². The summed E-state index contributed by atoms with van der Waals surface area (Å²) in [4.78, 5) is 11.9. The van der Waals surface area contributed by atoms with Crippen LogP contribution in [0, 0.1) is 18.6 Å². The van der Waals surface area contributed by atoms with Crippen molar-refractivity contribution in [3.63, 3.8) is 0 Å². The van der Waals surface area contributed by atoms with Crippen LogP contribution in [0.25, 0.3) is 0 Å². The molecule has 0 radical (unpaired) electrons. The third kappa shape index (κ3) is 3.47. The van der Waals surface area contributed by atoms with Gasteiger partial charge in [-0.05, 0) is 41.8 Å². The van der Waals surface area contributed by atoms with Gasteiger partial charge in [-0.1, -0.05) is 24.3 Å². The Morgan fingerprint density at radius 1 is 1.00 bits per heavy atom. The summed E-state index contributed by atoms with van der Waals surface area (Å²) in [7, 11) is 0. The van der Waals surface area contributed by atoms with Gasteiger partial charge in [0.2, 0.25) is 0 Å². The lowest BCUT2D eigenvalue weighted by molar-refractivity contribution is -0.117. The van der Waals surface area contributed by atoms with Crippen molar-refractivity contribution in [2.75, 3.05) is 0 Å². The lowest BCUT2D eigenvalue weighted by Crippen LogP contribution is -2.09. The first-order valence-corrected chi connectivity index (χ1v) is 6.06. The topological polar surface area (TPSA) is 17.1 Å². The molecule has 0 aliphatic rings. The first kappa shape index (κ1) is 13.4. The number of carbonyl (C=O) groups is 1. The fourth-order valence-corrected chi connectivity index (χ4v) is 1.99. The van der Waals surface area contributed by atoms with E-state index in [0.29, 0.717) is 5.56 Å².